The van der Waals surface area contributed by atoms with Gasteiger partial charge in [0.25, 0.3) is 5.91 Å². The highest BCUT2D eigenvalue weighted by atomic mass is 32.1. The molecule has 5 heteroatoms. The summed E-state index contributed by atoms with van der Waals surface area (Å²) in [5.41, 5.74) is 2.73. The summed E-state index contributed by atoms with van der Waals surface area (Å²) in [5.74, 6) is -1.12. The Kier molecular flexibility index (Phi) is 3.75. The predicted octanol–water partition coefficient (Wildman–Crippen LogP) is 3.10. The Hall–Kier alpha value is -2.14. The molecule has 0 spiro atoms. The summed E-state index contributed by atoms with van der Waals surface area (Å²) < 4.78 is 0. The zero-order chi connectivity index (χ0) is 14.8. The maximum atomic E-state index is 12.4. The van der Waals surface area contributed by atoms with Crippen molar-refractivity contribution in [3.63, 3.8) is 0 Å². The van der Waals surface area contributed by atoms with Gasteiger partial charge in [0, 0.05) is 12.1 Å². The van der Waals surface area contributed by atoms with Gasteiger partial charge in [-0.05, 0) is 52.9 Å². The summed E-state index contributed by atoms with van der Waals surface area (Å²) in [6.07, 6.45) is 1.28. The number of benzene rings is 1. The number of aliphatic carboxylic acids is 1. The normalized spacial score (nSPS) is 17.9. The van der Waals surface area contributed by atoms with E-state index >= 15 is 0 Å². The van der Waals surface area contributed by atoms with Crippen LogP contribution >= 0.6 is 11.3 Å². The molecule has 1 N–H and O–H groups in total. The van der Waals surface area contributed by atoms with Crippen molar-refractivity contribution in [3.8, 4) is 11.1 Å². The lowest BCUT2D eigenvalue weighted by atomic mass is 10.1. The standard InChI is InChI=1S/C16H15NO3S/c18-15(17-8-1-2-14(17)16(19)20)12-5-3-11(4-6-12)13-7-9-21-10-13/h3-7,9-10,14H,1-2,8H2,(H,19,20). The molecule has 1 amide bonds. The van der Waals surface area contributed by atoms with Crippen LogP contribution in [0.1, 0.15) is 23.2 Å². The first kappa shape index (κ1) is 13.8. The second-order valence-electron chi connectivity index (χ2n) is 5.08. The molecule has 0 saturated carbocycles. The Morgan fingerprint density at radius 3 is 2.52 bits per heavy atom. The molecule has 2 aromatic rings. The molecule has 1 atom stereocenters. The van der Waals surface area contributed by atoms with E-state index < -0.39 is 12.0 Å². The minimum atomic E-state index is -0.921. The molecule has 4 nitrogen and oxygen atoms in total. The molecule has 3 rings (SSSR count). The molecular weight excluding hydrogens is 286 g/mol. The fourth-order valence-corrected chi connectivity index (χ4v) is 3.33. The molecule has 0 aliphatic carbocycles. The summed E-state index contributed by atoms with van der Waals surface area (Å²) >= 11 is 1.63. The second-order valence-corrected chi connectivity index (χ2v) is 5.86. The van der Waals surface area contributed by atoms with Crippen LogP contribution in [-0.2, 0) is 4.79 Å². The molecule has 1 saturated heterocycles. The van der Waals surface area contributed by atoms with Gasteiger partial charge in [0.2, 0.25) is 0 Å². The number of likely N-dealkylation sites (tertiary alicyclic amines) is 1. The van der Waals surface area contributed by atoms with Gasteiger partial charge in [-0.25, -0.2) is 4.79 Å². The van der Waals surface area contributed by atoms with Crippen LogP contribution in [0.4, 0.5) is 0 Å². The topological polar surface area (TPSA) is 57.6 Å². The van der Waals surface area contributed by atoms with Crippen molar-refractivity contribution in [1.82, 2.24) is 4.90 Å². The van der Waals surface area contributed by atoms with Crippen LogP contribution in [0.5, 0.6) is 0 Å². The van der Waals surface area contributed by atoms with Crippen LogP contribution in [0.3, 0.4) is 0 Å². The zero-order valence-electron chi connectivity index (χ0n) is 11.4. The van der Waals surface area contributed by atoms with Crippen LogP contribution in [0.25, 0.3) is 11.1 Å². The van der Waals surface area contributed by atoms with E-state index in [0.717, 1.165) is 17.5 Å². The van der Waals surface area contributed by atoms with Gasteiger partial charge in [-0.1, -0.05) is 12.1 Å². The van der Waals surface area contributed by atoms with Crippen molar-refractivity contribution in [2.24, 2.45) is 0 Å². The van der Waals surface area contributed by atoms with E-state index in [4.69, 9.17) is 5.11 Å². The number of hydrogen-bond donors (Lipinski definition) is 1. The minimum Gasteiger partial charge on any atom is -0.480 e. The van der Waals surface area contributed by atoms with E-state index in [9.17, 15) is 9.59 Å². The van der Waals surface area contributed by atoms with Crippen molar-refractivity contribution in [1.29, 1.82) is 0 Å². The summed E-state index contributed by atoms with van der Waals surface area (Å²) in [7, 11) is 0. The highest BCUT2D eigenvalue weighted by molar-refractivity contribution is 7.08. The summed E-state index contributed by atoms with van der Waals surface area (Å²) in [4.78, 5) is 25.0. The molecule has 1 aliphatic rings. The average molecular weight is 301 g/mol. The van der Waals surface area contributed by atoms with Crippen LogP contribution in [0.15, 0.2) is 41.1 Å². The molecule has 0 bridgehead atoms. The van der Waals surface area contributed by atoms with Crippen LogP contribution < -0.4 is 0 Å². The number of carboxylic acid groups (broad SMARTS) is 1. The Morgan fingerprint density at radius 1 is 1.14 bits per heavy atom. The van der Waals surface area contributed by atoms with Crippen molar-refractivity contribution in [2.75, 3.05) is 6.54 Å². The molecule has 108 valence electrons. The lowest BCUT2D eigenvalue weighted by molar-refractivity contribution is -0.141. The maximum absolute atomic E-state index is 12.4. The van der Waals surface area contributed by atoms with Gasteiger partial charge >= 0.3 is 5.97 Å². The van der Waals surface area contributed by atoms with Crippen LogP contribution in [-0.4, -0.2) is 34.5 Å². The van der Waals surface area contributed by atoms with Gasteiger partial charge < -0.3 is 10.0 Å². The first-order valence-electron chi connectivity index (χ1n) is 6.83. The summed E-state index contributed by atoms with van der Waals surface area (Å²) in [5, 5.41) is 13.2. The number of nitrogens with zero attached hydrogens (tertiary/aromatic N) is 1. The van der Waals surface area contributed by atoms with Crippen molar-refractivity contribution >= 4 is 23.2 Å². The van der Waals surface area contributed by atoms with E-state index in [1.165, 1.54) is 4.90 Å². The van der Waals surface area contributed by atoms with Gasteiger partial charge in [0.15, 0.2) is 0 Å². The Bertz CT molecular complexity index is 649. The predicted molar refractivity (Wildman–Crippen MR) is 81.4 cm³/mol. The Balaban J connectivity index is 1.80. The second kappa shape index (κ2) is 5.69. The van der Waals surface area contributed by atoms with Gasteiger partial charge in [0.05, 0.1) is 0 Å². The van der Waals surface area contributed by atoms with E-state index in [2.05, 4.69) is 5.38 Å². The van der Waals surface area contributed by atoms with Gasteiger partial charge in [-0.15, -0.1) is 0 Å². The Labute approximate surface area is 126 Å². The fraction of sp³-hybridized carbons (Fsp3) is 0.250. The lowest BCUT2D eigenvalue weighted by Crippen LogP contribution is -2.40. The molecule has 0 radical (unpaired) electrons. The number of hydrogen-bond acceptors (Lipinski definition) is 3. The summed E-state index contributed by atoms with van der Waals surface area (Å²) in [6.45, 7) is 0.516. The Morgan fingerprint density at radius 2 is 1.90 bits per heavy atom. The minimum absolute atomic E-state index is 0.197. The number of thiophene rings is 1. The number of amides is 1. The zero-order valence-corrected chi connectivity index (χ0v) is 12.2. The quantitative estimate of drug-likeness (QED) is 0.947. The SMILES string of the molecule is O=C(O)C1CCCN1C(=O)c1ccc(-c2ccsc2)cc1. The molecule has 1 fully saturated rings. The van der Waals surface area contributed by atoms with Crippen LogP contribution in [0, 0.1) is 0 Å². The third kappa shape index (κ3) is 2.69. The van der Waals surface area contributed by atoms with Crippen molar-refractivity contribution in [2.45, 2.75) is 18.9 Å². The molecule has 1 aliphatic heterocycles. The third-order valence-corrected chi connectivity index (χ3v) is 4.47. The third-order valence-electron chi connectivity index (χ3n) is 3.79. The number of carboxylic acids is 1. The van der Waals surface area contributed by atoms with Crippen LogP contribution in [0.2, 0.25) is 0 Å². The van der Waals surface area contributed by atoms with E-state index in [-0.39, 0.29) is 5.91 Å². The molecule has 1 aromatic carbocycles. The van der Waals surface area contributed by atoms with Crippen molar-refractivity contribution in [3.05, 3.63) is 46.7 Å². The molecule has 1 aromatic heterocycles. The first-order valence-corrected chi connectivity index (χ1v) is 7.77. The maximum Gasteiger partial charge on any atom is 0.326 e. The summed E-state index contributed by atoms with van der Waals surface area (Å²) in [6, 6.07) is 8.69. The van der Waals surface area contributed by atoms with E-state index in [1.807, 2.05) is 23.6 Å². The fourth-order valence-electron chi connectivity index (χ4n) is 2.67. The number of rotatable bonds is 3. The molecule has 2 heterocycles. The van der Waals surface area contributed by atoms with Gasteiger partial charge in [-0.3, -0.25) is 4.79 Å². The highest BCUT2D eigenvalue weighted by Crippen LogP contribution is 2.24. The lowest BCUT2D eigenvalue weighted by Gasteiger charge is -2.21. The van der Waals surface area contributed by atoms with Crippen molar-refractivity contribution < 1.29 is 14.7 Å². The first-order chi connectivity index (χ1) is 10.2. The van der Waals surface area contributed by atoms with E-state index in [0.29, 0.717) is 18.5 Å². The number of carbonyl (C=O) groups excluding carboxylic acids is 1. The molecule has 21 heavy (non-hydrogen) atoms. The largest absolute Gasteiger partial charge is 0.480 e. The van der Waals surface area contributed by atoms with Gasteiger partial charge in [0.1, 0.15) is 6.04 Å². The smallest absolute Gasteiger partial charge is 0.326 e. The molecular formula is C16H15NO3S. The monoisotopic (exact) mass is 301 g/mol. The molecule has 1 unspecified atom stereocenters. The number of carbonyl (C=O) groups is 2. The highest BCUT2D eigenvalue weighted by Gasteiger charge is 2.34. The van der Waals surface area contributed by atoms with Gasteiger partial charge in [-0.2, -0.15) is 11.3 Å². The van der Waals surface area contributed by atoms with E-state index in [1.54, 1.807) is 23.5 Å². The average Bonchev–Trinajstić information content (AvgIpc) is 3.18.